The highest BCUT2D eigenvalue weighted by atomic mass is 16.5. The summed E-state index contributed by atoms with van der Waals surface area (Å²) in [6.45, 7) is 4.86. The quantitative estimate of drug-likeness (QED) is 0.814. The van der Waals surface area contributed by atoms with Gasteiger partial charge in [-0.2, -0.15) is 0 Å². The molecule has 0 spiro atoms. The van der Waals surface area contributed by atoms with E-state index in [1.54, 1.807) is 7.11 Å². The van der Waals surface area contributed by atoms with Gasteiger partial charge in [-0.1, -0.05) is 5.16 Å². The van der Waals surface area contributed by atoms with Crippen LogP contribution in [0.25, 0.3) is 0 Å². The summed E-state index contributed by atoms with van der Waals surface area (Å²) in [5, 5.41) is 7.32. The van der Waals surface area contributed by atoms with Gasteiger partial charge in [0, 0.05) is 19.7 Å². The smallest absolute Gasteiger partial charge is 0.162 e. The molecule has 0 saturated carbocycles. The van der Waals surface area contributed by atoms with Crippen molar-refractivity contribution in [3.63, 3.8) is 0 Å². The molecule has 108 valence electrons. The topological polar surface area (TPSA) is 50.5 Å². The summed E-state index contributed by atoms with van der Waals surface area (Å²) in [6.07, 6.45) is 3.89. The van der Waals surface area contributed by atoms with Crippen molar-refractivity contribution < 1.29 is 9.26 Å². The highest BCUT2D eigenvalue weighted by Crippen LogP contribution is 2.21. The number of nitrogens with zero attached hydrogens (tertiary/aromatic N) is 2. The lowest BCUT2D eigenvalue weighted by atomic mass is 9.93. The SMILES string of the molecule is CNCCC1CCN(Cc2cc(COC)on2)CC1. The predicted octanol–water partition coefficient (Wildman–Crippen LogP) is 1.64. The maximum atomic E-state index is 5.21. The van der Waals surface area contributed by atoms with Gasteiger partial charge in [0.05, 0.1) is 5.69 Å². The Hall–Kier alpha value is -0.910. The molecule has 19 heavy (non-hydrogen) atoms. The van der Waals surface area contributed by atoms with Gasteiger partial charge in [0.25, 0.3) is 0 Å². The van der Waals surface area contributed by atoms with Crippen LogP contribution < -0.4 is 5.32 Å². The standard InChI is InChI=1S/C14H25N3O2/c1-15-6-3-12-4-7-17(8-5-12)10-13-9-14(11-18-2)19-16-13/h9,12,15H,3-8,10-11H2,1-2H3. The summed E-state index contributed by atoms with van der Waals surface area (Å²) in [4.78, 5) is 2.46. The molecule has 0 unspecified atom stereocenters. The third kappa shape index (κ3) is 4.60. The van der Waals surface area contributed by atoms with Gasteiger partial charge in [-0.3, -0.25) is 4.90 Å². The Kier molecular flexibility index (Phi) is 5.82. The largest absolute Gasteiger partial charge is 0.377 e. The van der Waals surface area contributed by atoms with E-state index in [9.17, 15) is 0 Å². The minimum absolute atomic E-state index is 0.499. The minimum Gasteiger partial charge on any atom is -0.377 e. The predicted molar refractivity (Wildman–Crippen MR) is 73.8 cm³/mol. The van der Waals surface area contributed by atoms with Gasteiger partial charge in [0.1, 0.15) is 6.61 Å². The summed E-state index contributed by atoms with van der Waals surface area (Å²) in [5.41, 5.74) is 1.01. The lowest BCUT2D eigenvalue weighted by Crippen LogP contribution is -2.34. The van der Waals surface area contributed by atoms with E-state index in [2.05, 4.69) is 15.4 Å². The van der Waals surface area contributed by atoms with Crippen LogP contribution in [0, 0.1) is 5.92 Å². The molecule has 0 bridgehead atoms. The van der Waals surface area contributed by atoms with Crippen LogP contribution in [0.2, 0.25) is 0 Å². The van der Waals surface area contributed by atoms with Crippen molar-refractivity contribution in [1.82, 2.24) is 15.4 Å². The Bertz CT molecular complexity index is 359. The van der Waals surface area contributed by atoms with E-state index in [1.807, 2.05) is 13.1 Å². The molecule has 0 aromatic carbocycles. The average Bonchev–Trinajstić information content (AvgIpc) is 2.86. The number of hydrogen-bond acceptors (Lipinski definition) is 5. The van der Waals surface area contributed by atoms with Crippen LogP contribution in [0.1, 0.15) is 30.7 Å². The fraction of sp³-hybridized carbons (Fsp3) is 0.786. The number of aromatic nitrogens is 1. The molecule has 1 aromatic heterocycles. The molecular weight excluding hydrogens is 242 g/mol. The number of nitrogens with one attached hydrogen (secondary N) is 1. The van der Waals surface area contributed by atoms with Crippen molar-refractivity contribution >= 4 is 0 Å². The molecular formula is C14H25N3O2. The average molecular weight is 267 g/mol. The summed E-state index contributed by atoms with van der Waals surface area (Å²) in [6, 6.07) is 2.00. The first-order chi connectivity index (χ1) is 9.31. The molecule has 0 aliphatic carbocycles. The van der Waals surface area contributed by atoms with Crippen LogP contribution in [-0.4, -0.2) is 43.8 Å². The molecule has 0 amide bonds. The Labute approximate surface area is 115 Å². The molecule has 5 heteroatoms. The molecule has 1 aliphatic rings. The van der Waals surface area contributed by atoms with Crippen molar-refractivity contribution in [2.24, 2.45) is 5.92 Å². The molecule has 1 saturated heterocycles. The van der Waals surface area contributed by atoms with E-state index in [0.29, 0.717) is 6.61 Å². The maximum Gasteiger partial charge on any atom is 0.162 e. The fourth-order valence-electron chi connectivity index (χ4n) is 2.65. The lowest BCUT2D eigenvalue weighted by molar-refractivity contribution is 0.154. The van der Waals surface area contributed by atoms with Crippen LogP contribution >= 0.6 is 0 Å². The van der Waals surface area contributed by atoms with Crippen molar-refractivity contribution in [3.8, 4) is 0 Å². The third-order valence-corrected chi connectivity index (χ3v) is 3.79. The van der Waals surface area contributed by atoms with Crippen LogP contribution in [0.4, 0.5) is 0 Å². The molecule has 5 nitrogen and oxygen atoms in total. The Morgan fingerprint density at radius 3 is 2.95 bits per heavy atom. The molecule has 1 N–H and O–H groups in total. The van der Waals surface area contributed by atoms with Gasteiger partial charge in [-0.15, -0.1) is 0 Å². The second-order valence-electron chi connectivity index (χ2n) is 5.33. The van der Waals surface area contributed by atoms with Crippen molar-refractivity contribution in [2.75, 3.05) is 33.8 Å². The van der Waals surface area contributed by atoms with Crippen molar-refractivity contribution in [2.45, 2.75) is 32.4 Å². The molecule has 0 radical (unpaired) electrons. The van der Waals surface area contributed by atoms with Crippen LogP contribution in [0.5, 0.6) is 0 Å². The van der Waals surface area contributed by atoms with E-state index < -0.39 is 0 Å². The number of ether oxygens (including phenoxy) is 1. The van der Waals surface area contributed by atoms with Crippen molar-refractivity contribution in [3.05, 3.63) is 17.5 Å². The minimum atomic E-state index is 0.499. The third-order valence-electron chi connectivity index (χ3n) is 3.79. The highest BCUT2D eigenvalue weighted by Gasteiger charge is 2.19. The zero-order valence-corrected chi connectivity index (χ0v) is 12.0. The molecule has 0 atom stereocenters. The number of rotatable bonds is 7. The van der Waals surface area contributed by atoms with Crippen molar-refractivity contribution in [1.29, 1.82) is 0 Å². The first kappa shape index (κ1) is 14.5. The van der Waals surface area contributed by atoms with E-state index in [-0.39, 0.29) is 0 Å². The summed E-state index contributed by atoms with van der Waals surface area (Å²) < 4.78 is 10.2. The van der Waals surface area contributed by atoms with E-state index in [4.69, 9.17) is 9.26 Å². The number of methoxy groups -OCH3 is 1. The number of hydrogen-bond donors (Lipinski definition) is 1. The second-order valence-corrected chi connectivity index (χ2v) is 5.33. The Balaban J connectivity index is 1.72. The summed E-state index contributed by atoms with van der Waals surface area (Å²) >= 11 is 0. The Morgan fingerprint density at radius 1 is 1.47 bits per heavy atom. The van der Waals surface area contributed by atoms with Gasteiger partial charge in [0.15, 0.2) is 5.76 Å². The van der Waals surface area contributed by atoms with Gasteiger partial charge in [0.2, 0.25) is 0 Å². The van der Waals surface area contributed by atoms with E-state index in [1.165, 1.54) is 32.4 Å². The molecule has 1 aliphatic heterocycles. The van der Waals surface area contributed by atoms with Gasteiger partial charge in [-0.25, -0.2) is 0 Å². The van der Waals surface area contributed by atoms with Gasteiger partial charge < -0.3 is 14.6 Å². The maximum absolute atomic E-state index is 5.21. The van der Waals surface area contributed by atoms with E-state index in [0.717, 1.165) is 30.5 Å². The first-order valence-electron chi connectivity index (χ1n) is 7.12. The fourth-order valence-corrected chi connectivity index (χ4v) is 2.65. The zero-order valence-electron chi connectivity index (χ0n) is 12.0. The molecule has 2 rings (SSSR count). The lowest BCUT2D eigenvalue weighted by Gasteiger charge is -2.31. The van der Waals surface area contributed by atoms with E-state index >= 15 is 0 Å². The monoisotopic (exact) mass is 267 g/mol. The molecule has 1 fully saturated rings. The first-order valence-corrected chi connectivity index (χ1v) is 7.12. The molecule has 1 aromatic rings. The summed E-state index contributed by atoms with van der Waals surface area (Å²) in [7, 11) is 3.69. The summed E-state index contributed by atoms with van der Waals surface area (Å²) in [5.74, 6) is 1.69. The van der Waals surface area contributed by atoms with Crippen LogP contribution in [0.3, 0.4) is 0 Å². The normalized spacial score (nSPS) is 18.0. The van der Waals surface area contributed by atoms with Gasteiger partial charge >= 0.3 is 0 Å². The zero-order chi connectivity index (χ0) is 13.5. The second kappa shape index (κ2) is 7.62. The van der Waals surface area contributed by atoms with Crippen LogP contribution in [0.15, 0.2) is 10.6 Å². The van der Waals surface area contributed by atoms with Gasteiger partial charge in [-0.05, 0) is 51.9 Å². The number of likely N-dealkylation sites (tertiary alicyclic amines) is 1. The number of piperidine rings is 1. The highest BCUT2D eigenvalue weighted by molar-refractivity contribution is 5.04. The Morgan fingerprint density at radius 2 is 2.26 bits per heavy atom. The van der Waals surface area contributed by atoms with Crippen LogP contribution in [-0.2, 0) is 17.9 Å². The molecule has 2 heterocycles.